The van der Waals surface area contributed by atoms with E-state index in [1.807, 2.05) is 13.8 Å². The number of aliphatic hydroxyl groups is 2. The Morgan fingerprint density at radius 2 is 0.743 bits per heavy atom. The Morgan fingerprint density at radius 1 is 0.457 bits per heavy atom. The summed E-state index contributed by atoms with van der Waals surface area (Å²) in [6, 6.07) is 12.9. The molecule has 2 rings (SSSR count). The van der Waals surface area contributed by atoms with Crippen molar-refractivity contribution >= 4 is 0 Å². The monoisotopic (exact) mass is 480 g/mol. The van der Waals surface area contributed by atoms with E-state index < -0.39 is 17.6 Å². The first-order valence-electron chi connectivity index (χ1n) is 13.1. The molecule has 0 bridgehead atoms. The van der Waals surface area contributed by atoms with Crippen LogP contribution >= 0.6 is 0 Å². The first-order valence-corrected chi connectivity index (χ1v) is 13.1. The number of benzene rings is 2. The van der Waals surface area contributed by atoms with Gasteiger partial charge in [0, 0.05) is 5.41 Å². The molecule has 35 heavy (non-hydrogen) atoms. The molecule has 2 unspecified atom stereocenters. The van der Waals surface area contributed by atoms with Crippen LogP contribution in [0.1, 0.15) is 143 Å². The minimum atomic E-state index is -0.823. The third-order valence-electron chi connectivity index (χ3n) is 7.45. The summed E-state index contributed by atoms with van der Waals surface area (Å²) in [4.78, 5) is 0. The highest BCUT2D eigenvalue weighted by Gasteiger charge is 2.41. The molecule has 0 aliphatic rings. The topological polar surface area (TPSA) is 40.5 Å². The van der Waals surface area contributed by atoms with Gasteiger partial charge in [0.15, 0.2) is 0 Å². The van der Waals surface area contributed by atoms with Crippen LogP contribution in [0.25, 0.3) is 0 Å². The van der Waals surface area contributed by atoms with Crippen LogP contribution in [0.5, 0.6) is 0 Å². The van der Waals surface area contributed by atoms with E-state index in [1.54, 1.807) is 0 Å². The summed E-state index contributed by atoms with van der Waals surface area (Å²) in [7, 11) is 0. The first-order chi connectivity index (χ1) is 15.5. The molecule has 0 radical (unpaired) electrons. The highest BCUT2D eigenvalue weighted by atomic mass is 16.3. The lowest BCUT2D eigenvalue weighted by molar-refractivity contribution is -0.0526. The summed E-state index contributed by atoms with van der Waals surface area (Å²) in [5.74, 6) is 0. The van der Waals surface area contributed by atoms with E-state index in [1.165, 1.54) is 11.1 Å². The van der Waals surface area contributed by atoms with Crippen LogP contribution in [0.15, 0.2) is 36.4 Å². The summed E-state index contributed by atoms with van der Waals surface area (Å²) in [6.07, 6.45) is -1.65. The fourth-order valence-corrected chi connectivity index (χ4v) is 4.77. The SMILES string of the molecule is CC(C)(C)c1ccc(C(O)C(C)(C)C(O)c2ccc(C(C)(C)C)cc2C(C)(C)C)c(C(C)(C)C)c1. The van der Waals surface area contributed by atoms with Gasteiger partial charge in [0.05, 0.1) is 12.2 Å². The highest BCUT2D eigenvalue weighted by molar-refractivity contribution is 5.44. The number of hydrogen-bond acceptors (Lipinski definition) is 2. The quantitative estimate of drug-likeness (QED) is 0.459. The Labute approximate surface area is 216 Å². The van der Waals surface area contributed by atoms with Crippen LogP contribution in [0, 0.1) is 5.41 Å². The molecule has 0 spiro atoms. The Morgan fingerprint density at radius 3 is 0.971 bits per heavy atom. The molecule has 2 nitrogen and oxygen atoms in total. The second-order valence-electron chi connectivity index (χ2n) is 15.2. The van der Waals surface area contributed by atoms with Gasteiger partial charge in [-0.15, -0.1) is 0 Å². The predicted molar refractivity (Wildman–Crippen MR) is 151 cm³/mol. The van der Waals surface area contributed by atoms with Crippen molar-refractivity contribution in [3.8, 4) is 0 Å². The van der Waals surface area contributed by atoms with Crippen molar-refractivity contribution in [1.29, 1.82) is 0 Å². The van der Waals surface area contributed by atoms with E-state index >= 15 is 0 Å². The summed E-state index contributed by atoms with van der Waals surface area (Å²) in [6.45, 7) is 30.4. The fraction of sp³-hybridized carbons (Fsp3) is 0.636. The molecular formula is C33H52O2. The molecule has 0 aliphatic heterocycles. The molecule has 196 valence electrons. The zero-order valence-electron chi connectivity index (χ0n) is 25.0. The van der Waals surface area contributed by atoms with E-state index in [-0.39, 0.29) is 21.7 Å². The van der Waals surface area contributed by atoms with Gasteiger partial charge < -0.3 is 10.2 Å². The molecule has 2 N–H and O–H groups in total. The Balaban J connectivity index is 2.65. The van der Waals surface area contributed by atoms with Crippen molar-refractivity contribution in [1.82, 2.24) is 0 Å². The number of rotatable bonds is 4. The van der Waals surface area contributed by atoms with Gasteiger partial charge >= 0.3 is 0 Å². The normalized spacial score (nSPS) is 15.8. The molecule has 0 amide bonds. The average Bonchev–Trinajstić information content (AvgIpc) is 2.69. The van der Waals surface area contributed by atoms with Gasteiger partial charge in [-0.2, -0.15) is 0 Å². The molecule has 0 saturated heterocycles. The van der Waals surface area contributed by atoms with Crippen molar-refractivity contribution in [2.45, 2.75) is 131 Å². The maximum Gasteiger partial charge on any atom is 0.0871 e. The van der Waals surface area contributed by atoms with Gasteiger partial charge in [-0.1, -0.05) is 133 Å². The van der Waals surface area contributed by atoms with E-state index in [2.05, 4.69) is 119 Å². The molecule has 0 aliphatic carbocycles. The lowest BCUT2D eigenvalue weighted by atomic mass is 9.68. The van der Waals surface area contributed by atoms with Crippen molar-refractivity contribution in [3.05, 3.63) is 69.8 Å². The van der Waals surface area contributed by atoms with Crippen molar-refractivity contribution < 1.29 is 10.2 Å². The predicted octanol–water partition coefficient (Wildman–Crippen LogP) is 8.67. The second kappa shape index (κ2) is 9.34. The molecular weight excluding hydrogens is 428 g/mol. The van der Waals surface area contributed by atoms with Crippen LogP contribution in [-0.2, 0) is 21.7 Å². The zero-order chi connectivity index (χ0) is 27.4. The molecule has 2 aromatic carbocycles. The van der Waals surface area contributed by atoms with Crippen molar-refractivity contribution in [2.75, 3.05) is 0 Å². The Kier molecular flexibility index (Phi) is 7.90. The standard InChI is InChI=1S/C33H52O2/c1-29(2,3)21-15-17-23(25(19-21)31(7,8)9)27(34)33(13,14)28(35)24-18-16-22(30(4,5)6)20-26(24)32(10,11)12/h15-20,27-28,34-35H,1-14H3. The van der Waals surface area contributed by atoms with Gasteiger partial charge in [-0.3, -0.25) is 0 Å². The number of hydrogen-bond donors (Lipinski definition) is 2. The van der Waals surface area contributed by atoms with Gasteiger partial charge in [0.25, 0.3) is 0 Å². The van der Waals surface area contributed by atoms with E-state index in [4.69, 9.17) is 0 Å². The minimum absolute atomic E-state index is 0.0227. The van der Waals surface area contributed by atoms with Gasteiger partial charge in [-0.25, -0.2) is 0 Å². The van der Waals surface area contributed by atoms with Gasteiger partial charge in [-0.05, 0) is 55.0 Å². The zero-order valence-corrected chi connectivity index (χ0v) is 25.0. The van der Waals surface area contributed by atoms with Crippen molar-refractivity contribution in [2.24, 2.45) is 5.41 Å². The summed E-state index contributed by atoms with van der Waals surface area (Å²) < 4.78 is 0. The average molecular weight is 481 g/mol. The molecule has 2 atom stereocenters. The lowest BCUT2D eigenvalue weighted by Gasteiger charge is -2.40. The smallest absolute Gasteiger partial charge is 0.0871 e. The molecule has 2 heteroatoms. The lowest BCUT2D eigenvalue weighted by Crippen LogP contribution is -2.33. The summed E-state index contributed by atoms with van der Waals surface area (Å²) in [5, 5.41) is 23.7. The highest BCUT2D eigenvalue weighted by Crippen LogP contribution is 2.48. The maximum atomic E-state index is 11.8. The maximum absolute atomic E-state index is 11.8. The Bertz CT molecular complexity index is 947. The summed E-state index contributed by atoms with van der Waals surface area (Å²) in [5.41, 5.74) is 5.56. The van der Waals surface area contributed by atoms with E-state index in [0.717, 1.165) is 22.3 Å². The fourth-order valence-electron chi connectivity index (χ4n) is 4.77. The minimum Gasteiger partial charge on any atom is -0.388 e. The van der Waals surface area contributed by atoms with Crippen LogP contribution < -0.4 is 0 Å². The van der Waals surface area contributed by atoms with E-state index in [0.29, 0.717) is 0 Å². The third kappa shape index (κ3) is 6.38. The van der Waals surface area contributed by atoms with Crippen LogP contribution in [0.2, 0.25) is 0 Å². The molecule has 0 saturated carbocycles. The Hall–Kier alpha value is -1.64. The number of aliphatic hydroxyl groups excluding tert-OH is 2. The van der Waals surface area contributed by atoms with E-state index in [9.17, 15) is 10.2 Å². The molecule has 2 aromatic rings. The summed E-state index contributed by atoms with van der Waals surface area (Å²) >= 11 is 0. The van der Waals surface area contributed by atoms with Crippen LogP contribution in [-0.4, -0.2) is 10.2 Å². The van der Waals surface area contributed by atoms with Crippen LogP contribution in [0.4, 0.5) is 0 Å². The second-order valence-corrected chi connectivity index (χ2v) is 15.2. The van der Waals surface area contributed by atoms with Crippen LogP contribution in [0.3, 0.4) is 0 Å². The molecule has 0 fully saturated rings. The largest absolute Gasteiger partial charge is 0.388 e. The third-order valence-corrected chi connectivity index (χ3v) is 7.45. The first kappa shape index (κ1) is 29.6. The molecule has 0 heterocycles. The molecule has 0 aromatic heterocycles. The van der Waals surface area contributed by atoms with Gasteiger partial charge in [0.1, 0.15) is 0 Å². The van der Waals surface area contributed by atoms with Crippen molar-refractivity contribution in [3.63, 3.8) is 0 Å². The van der Waals surface area contributed by atoms with Gasteiger partial charge in [0.2, 0.25) is 0 Å².